The molecule has 0 aliphatic carbocycles. The highest BCUT2D eigenvalue weighted by Crippen LogP contribution is 2.36. The van der Waals surface area contributed by atoms with Gasteiger partial charge in [0.2, 0.25) is 0 Å². The zero-order valence-electron chi connectivity index (χ0n) is 18.0. The van der Waals surface area contributed by atoms with Crippen molar-refractivity contribution in [2.45, 2.75) is 32.4 Å². The standard InChI is InChI=1S/C23H24ClF3N2O4/c1-2-32-20-12-15(6-9-19(20)33-14-21(30)29-10-4-3-5-11-29)22(31)28-16-7-8-18(24)17(13-16)23(25,26)27/h6-9,12-13H,2-5,10-11,14H2,1H3,(H,28,31). The third-order valence-electron chi connectivity index (χ3n) is 5.10. The van der Waals surface area contributed by atoms with Gasteiger partial charge in [0.15, 0.2) is 18.1 Å². The van der Waals surface area contributed by atoms with Crippen LogP contribution in [0.5, 0.6) is 11.5 Å². The molecular weight excluding hydrogens is 461 g/mol. The van der Waals surface area contributed by atoms with Gasteiger partial charge in [-0.15, -0.1) is 0 Å². The van der Waals surface area contributed by atoms with Crippen LogP contribution in [0.4, 0.5) is 18.9 Å². The second-order valence-electron chi connectivity index (χ2n) is 7.47. The lowest BCUT2D eigenvalue weighted by atomic mass is 10.1. The zero-order chi connectivity index (χ0) is 24.0. The van der Waals surface area contributed by atoms with Crippen LogP contribution in [0.15, 0.2) is 36.4 Å². The summed E-state index contributed by atoms with van der Waals surface area (Å²) >= 11 is 5.62. The molecule has 1 fully saturated rings. The summed E-state index contributed by atoms with van der Waals surface area (Å²) in [4.78, 5) is 26.7. The summed E-state index contributed by atoms with van der Waals surface area (Å²) in [6.07, 6.45) is -1.60. The van der Waals surface area contributed by atoms with Crippen LogP contribution in [0.25, 0.3) is 0 Å². The summed E-state index contributed by atoms with van der Waals surface area (Å²) < 4.78 is 50.4. The van der Waals surface area contributed by atoms with E-state index >= 15 is 0 Å². The van der Waals surface area contributed by atoms with E-state index in [4.69, 9.17) is 21.1 Å². The van der Waals surface area contributed by atoms with E-state index in [1.54, 1.807) is 11.8 Å². The molecule has 1 aliphatic rings. The molecule has 0 aromatic heterocycles. The monoisotopic (exact) mass is 484 g/mol. The van der Waals surface area contributed by atoms with E-state index < -0.39 is 22.7 Å². The van der Waals surface area contributed by atoms with Crippen molar-refractivity contribution in [1.82, 2.24) is 4.90 Å². The van der Waals surface area contributed by atoms with Gasteiger partial charge < -0.3 is 19.7 Å². The molecule has 0 radical (unpaired) electrons. The zero-order valence-corrected chi connectivity index (χ0v) is 18.8. The molecule has 1 heterocycles. The van der Waals surface area contributed by atoms with Crippen molar-refractivity contribution < 1.29 is 32.2 Å². The van der Waals surface area contributed by atoms with E-state index in [9.17, 15) is 22.8 Å². The second kappa shape index (κ2) is 10.8. The molecule has 1 aliphatic heterocycles. The van der Waals surface area contributed by atoms with Crippen molar-refractivity contribution in [2.75, 3.05) is 31.6 Å². The molecule has 2 aromatic carbocycles. The minimum Gasteiger partial charge on any atom is -0.490 e. The summed E-state index contributed by atoms with van der Waals surface area (Å²) in [6, 6.07) is 7.48. The molecule has 1 saturated heterocycles. The maximum atomic E-state index is 13.1. The highest BCUT2D eigenvalue weighted by Gasteiger charge is 2.33. The smallest absolute Gasteiger partial charge is 0.417 e. The van der Waals surface area contributed by atoms with Gasteiger partial charge in [-0.1, -0.05) is 11.6 Å². The van der Waals surface area contributed by atoms with Crippen molar-refractivity contribution in [3.8, 4) is 11.5 Å². The number of nitrogens with zero attached hydrogens (tertiary/aromatic N) is 1. The first-order valence-electron chi connectivity index (χ1n) is 10.5. The number of piperidine rings is 1. The highest BCUT2D eigenvalue weighted by molar-refractivity contribution is 6.31. The normalized spacial score (nSPS) is 14.0. The Morgan fingerprint density at radius 2 is 1.76 bits per heavy atom. The molecule has 0 spiro atoms. The van der Waals surface area contributed by atoms with Crippen molar-refractivity contribution in [1.29, 1.82) is 0 Å². The van der Waals surface area contributed by atoms with Gasteiger partial charge in [0.25, 0.3) is 11.8 Å². The Morgan fingerprint density at radius 1 is 1.03 bits per heavy atom. The lowest BCUT2D eigenvalue weighted by molar-refractivity contribution is -0.137. The van der Waals surface area contributed by atoms with E-state index in [0.717, 1.165) is 31.4 Å². The van der Waals surface area contributed by atoms with Crippen LogP contribution in [0.3, 0.4) is 0 Å². The largest absolute Gasteiger partial charge is 0.490 e. The van der Waals surface area contributed by atoms with Crippen LogP contribution in [0.2, 0.25) is 5.02 Å². The maximum Gasteiger partial charge on any atom is 0.417 e. The van der Waals surface area contributed by atoms with Gasteiger partial charge in [-0.2, -0.15) is 13.2 Å². The topological polar surface area (TPSA) is 67.9 Å². The number of halogens is 4. The molecule has 0 unspecified atom stereocenters. The van der Waals surface area contributed by atoms with Gasteiger partial charge in [-0.3, -0.25) is 9.59 Å². The molecule has 6 nitrogen and oxygen atoms in total. The number of benzene rings is 2. The van der Waals surface area contributed by atoms with Gasteiger partial charge in [0, 0.05) is 24.3 Å². The number of nitrogens with one attached hydrogen (secondary N) is 1. The number of alkyl halides is 3. The number of anilines is 1. The fourth-order valence-corrected chi connectivity index (χ4v) is 3.66. The number of hydrogen-bond acceptors (Lipinski definition) is 4. The number of amides is 2. The van der Waals surface area contributed by atoms with E-state index in [-0.39, 0.29) is 36.1 Å². The number of carbonyl (C=O) groups is 2. The number of likely N-dealkylation sites (tertiary alicyclic amines) is 1. The molecule has 1 N–H and O–H groups in total. The third kappa shape index (κ3) is 6.54. The Kier molecular flexibility index (Phi) is 8.07. The molecule has 2 aromatic rings. The lowest BCUT2D eigenvalue weighted by Gasteiger charge is -2.26. The average Bonchev–Trinajstić information content (AvgIpc) is 2.79. The molecule has 0 bridgehead atoms. The van der Waals surface area contributed by atoms with Crippen molar-refractivity contribution in [3.63, 3.8) is 0 Å². The molecule has 10 heteroatoms. The van der Waals surface area contributed by atoms with Gasteiger partial charge in [-0.05, 0) is 62.6 Å². The first-order valence-corrected chi connectivity index (χ1v) is 10.9. The van der Waals surface area contributed by atoms with Gasteiger partial charge in [-0.25, -0.2) is 0 Å². The van der Waals surface area contributed by atoms with Gasteiger partial charge in [0.1, 0.15) is 0 Å². The highest BCUT2D eigenvalue weighted by atomic mass is 35.5. The number of hydrogen-bond donors (Lipinski definition) is 1. The first-order chi connectivity index (χ1) is 15.7. The van der Waals surface area contributed by atoms with Crippen molar-refractivity contribution in [2.24, 2.45) is 0 Å². The van der Waals surface area contributed by atoms with Crippen LogP contribution in [0, 0.1) is 0 Å². The van der Waals surface area contributed by atoms with E-state index in [2.05, 4.69) is 5.32 Å². The van der Waals surface area contributed by atoms with Crippen LogP contribution in [-0.4, -0.2) is 43.0 Å². The van der Waals surface area contributed by atoms with Gasteiger partial charge >= 0.3 is 6.18 Å². The molecular formula is C23H24ClF3N2O4. The molecule has 178 valence electrons. The van der Waals surface area contributed by atoms with Crippen molar-refractivity contribution >= 4 is 29.1 Å². The Morgan fingerprint density at radius 3 is 2.42 bits per heavy atom. The SMILES string of the molecule is CCOc1cc(C(=O)Nc2ccc(Cl)c(C(F)(F)F)c2)ccc1OCC(=O)N1CCCCC1. The van der Waals surface area contributed by atoms with Crippen LogP contribution in [0.1, 0.15) is 42.1 Å². The number of carbonyl (C=O) groups excluding carboxylic acids is 2. The summed E-state index contributed by atoms with van der Waals surface area (Å²) in [5.41, 5.74) is -0.946. The molecule has 2 amide bonds. The summed E-state index contributed by atoms with van der Waals surface area (Å²) in [7, 11) is 0. The second-order valence-corrected chi connectivity index (χ2v) is 7.88. The Hall–Kier alpha value is -2.94. The average molecular weight is 485 g/mol. The predicted octanol–water partition coefficient (Wildman–Crippen LogP) is 5.40. The minimum atomic E-state index is -4.65. The fraction of sp³-hybridized carbons (Fsp3) is 0.391. The quantitative estimate of drug-likeness (QED) is 0.571. The maximum absolute atomic E-state index is 13.1. The predicted molar refractivity (Wildman–Crippen MR) is 118 cm³/mol. The fourth-order valence-electron chi connectivity index (χ4n) is 3.43. The molecule has 0 atom stereocenters. The van der Waals surface area contributed by atoms with Crippen LogP contribution in [-0.2, 0) is 11.0 Å². The van der Waals surface area contributed by atoms with E-state index in [0.29, 0.717) is 18.8 Å². The summed E-state index contributed by atoms with van der Waals surface area (Å²) in [5.74, 6) is -0.210. The first kappa shape index (κ1) is 24.7. The third-order valence-corrected chi connectivity index (χ3v) is 5.42. The van der Waals surface area contributed by atoms with E-state index in [1.807, 2.05) is 0 Å². The Balaban J connectivity index is 1.71. The molecule has 0 saturated carbocycles. The van der Waals surface area contributed by atoms with Gasteiger partial charge in [0.05, 0.1) is 17.2 Å². The molecule has 3 rings (SSSR count). The molecule has 33 heavy (non-hydrogen) atoms. The van der Waals surface area contributed by atoms with Crippen LogP contribution < -0.4 is 14.8 Å². The summed E-state index contributed by atoms with van der Waals surface area (Å²) in [6.45, 7) is 3.30. The summed E-state index contributed by atoms with van der Waals surface area (Å²) in [5, 5.41) is 1.97. The number of rotatable bonds is 7. The minimum absolute atomic E-state index is 0.0536. The van der Waals surface area contributed by atoms with Crippen molar-refractivity contribution in [3.05, 3.63) is 52.5 Å². The number of ether oxygens (including phenoxy) is 2. The van der Waals surface area contributed by atoms with Crippen LogP contribution >= 0.6 is 11.6 Å². The Bertz CT molecular complexity index is 1010. The lowest BCUT2D eigenvalue weighted by Crippen LogP contribution is -2.38. The Labute approximate surface area is 194 Å². The van der Waals surface area contributed by atoms with E-state index in [1.165, 1.54) is 24.3 Å².